The topological polar surface area (TPSA) is 47.6 Å². The van der Waals surface area contributed by atoms with Crippen molar-refractivity contribution in [1.29, 1.82) is 0 Å². The van der Waals surface area contributed by atoms with Crippen LogP contribution in [0, 0.1) is 0 Å². The van der Waals surface area contributed by atoms with E-state index in [1.54, 1.807) is 0 Å². The number of carbonyl (C=O) groups excluding carboxylic acids is 1. The highest BCUT2D eigenvalue weighted by Crippen LogP contribution is 2.13. The second-order valence-electron chi connectivity index (χ2n) is 7.53. The van der Waals surface area contributed by atoms with Gasteiger partial charge in [-0.3, -0.25) is 9.80 Å². The minimum Gasteiger partial charge on any atom is -0.337 e. The molecule has 0 unspecified atom stereocenters. The third-order valence-corrected chi connectivity index (χ3v) is 4.84. The highest BCUT2D eigenvalue weighted by molar-refractivity contribution is 5.74. The summed E-state index contributed by atoms with van der Waals surface area (Å²) >= 11 is 0. The van der Waals surface area contributed by atoms with Crippen LogP contribution in [0.4, 0.5) is 4.79 Å². The summed E-state index contributed by atoms with van der Waals surface area (Å²) in [5.41, 5.74) is 1.33. The Morgan fingerprint density at radius 3 is 2.52 bits per heavy atom. The first-order valence-corrected chi connectivity index (χ1v) is 9.52. The van der Waals surface area contributed by atoms with Gasteiger partial charge in [0.05, 0.1) is 0 Å². The van der Waals surface area contributed by atoms with Gasteiger partial charge in [-0.1, -0.05) is 30.3 Å². The van der Waals surface area contributed by atoms with Gasteiger partial charge in [-0.05, 0) is 39.7 Å². The average molecular weight is 347 g/mol. The van der Waals surface area contributed by atoms with Gasteiger partial charge in [-0.25, -0.2) is 4.79 Å². The predicted octanol–water partition coefficient (Wildman–Crippen LogP) is 2.68. The molecule has 1 fully saturated rings. The molecule has 1 aliphatic heterocycles. The summed E-state index contributed by atoms with van der Waals surface area (Å²) in [5, 5.41) is 6.12. The molecule has 1 atom stereocenters. The lowest BCUT2D eigenvalue weighted by Gasteiger charge is -2.30. The summed E-state index contributed by atoms with van der Waals surface area (Å²) in [6, 6.07) is 11.7. The van der Waals surface area contributed by atoms with Crippen LogP contribution in [0.25, 0.3) is 0 Å². The number of likely N-dealkylation sites (tertiary alicyclic amines) is 1. The van der Waals surface area contributed by atoms with Crippen LogP contribution in [-0.2, 0) is 6.54 Å². The molecule has 2 amide bonds. The number of rotatable bonds is 8. The number of nitrogens with one attached hydrogen (secondary N) is 2. The van der Waals surface area contributed by atoms with Gasteiger partial charge in [-0.2, -0.15) is 0 Å². The molecule has 0 radical (unpaired) electrons. The van der Waals surface area contributed by atoms with Crippen molar-refractivity contribution in [3.8, 4) is 0 Å². The molecule has 0 aliphatic carbocycles. The fourth-order valence-electron chi connectivity index (χ4n) is 3.58. The second-order valence-corrected chi connectivity index (χ2v) is 7.53. The van der Waals surface area contributed by atoms with Crippen molar-refractivity contribution in [2.75, 3.05) is 26.2 Å². The smallest absolute Gasteiger partial charge is 0.315 e. The van der Waals surface area contributed by atoms with E-state index in [0.29, 0.717) is 18.6 Å². The fourth-order valence-corrected chi connectivity index (χ4v) is 3.58. The Morgan fingerprint density at radius 2 is 1.88 bits per heavy atom. The van der Waals surface area contributed by atoms with E-state index in [1.807, 2.05) is 6.07 Å². The third-order valence-electron chi connectivity index (χ3n) is 4.84. The number of nitrogens with zero attached hydrogens (tertiary/aromatic N) is 2. The molecular weight excluding hydrogens is 312 g/mol. The maximum absolute atomic E-state index is 12.1. The Labute approximate surface area is 152 Å². The molecule has 1 heterocycles. The highest BCUT2D eigenvalue weighted by atomic mass is 16.2. The summed E-state index contributed by atoms with van der Waals surface area (Å²) in [7, 11) is 0. The number of hydrogen-bond donors (Lipinski definition) is 2. The fraction of sp³-hybridized carbons (Fsp3) is 0.650. The number of carbonyl (C=O) groups is 1. The molecule has 0 spiro atoms. The number of amides is 2. The minimum absolute atomic E-state index is 0.0426. The molecule has 25 heavy (non-hydrogen) atoms. The molecule has 1 saturated heterocycles. The number of urea groups is 1. The lowest BCUT2D eigenvalue weighted by atomic mass is 10.2. The summed E-state index contributed by atoms with van der Waals surface area (Å²) in [6.07, 6.45) is 1.02. The molecule has 140 valence electrons. The highest BCUT2D eigenvalue weighted by Gasteiger charge is 2.23. The molecule has 2 rings (SSSR count). The molecular formula is C20H34N4O. The van der Waals surface area contributed by atoms with Crippen molar-refractivity contribution in [2.45, 2.75) is 58.8 Å². The zero-order chi connectivity index (χ0) is 18.2. The van der Waals surface area contributed by atoms with Crippen LogP contribution >= 0.6 is 0 Å². The lowest BCUT2D eigenvalue weighted by Crippen LogP contribution is -2.47. The Hall–Kier alpha value is -1.59. The van der Waals surface area contributed by atoms with Crippen LogP contribution in [0.15, 0.2) is 30.3 Å². The Kier molecular flexibility index (Phi) is 7.72. The predicted molar refractivity (Wildman–Crippen MR) is 104 cm³/mol. The maximum atomic E-state index is 12.1. The third kappa shape index (κ3) is 6.67. The molecule has 0 aromatic heterocycles. The summed E-state index contributed by atoms with van der Waals surface area (Å²) in [5.74, 6) is 0. The van der Waals surface area contributed by atoms with Crippen LogP contribution in [0.3, 0.4) is 0 Å². The van der Waals surface area contributed by atoms with Crippen molar-refractivity contribution in [3.63, 3.8) is 0 Å². The van der Waals surface area contributed by atoms with E-state index in [2.05, 4.69) is 72.4 Å². The number of benzene rings is 1. The van der Waals surface area contributed by atoms with Gasteiger partial charge in [0.2, 0.25) is 0 Å². The van der Waals surface area contributed by atoms with Crippen molar-refractivity contribution in [1.82, 2.24) is 20.4 Å². The monoisotopic (exact) mass is 346 g/mol. The molecule has 1 aromatic rings. The summed E-state index contributed by atoms with van der Waals surface area (Å²) < 4.78 is 0. The zero-order valence-corrected chi connectivity index (χ0v) is 16.2. The summed E-state index contributed by atoms with van der Waals surface area (Å²) in [6.45, 7) is 13.3. The van der Waals surface area contributed by atoms with Crippen molar-refractivity contribution in [2.24, 2.45) is 0 Å². The molecule has 5 heteroatoms. The summed E-state index contributed by atoms with van der Waals surface area (Å²) in [4.78, 5) is 16.9. The quantitative estimate of drug-likeness (QED) is 0.761. The Morgan fingerprint density at radius 1 is 1.20 bits per heavy atom. The first-order chi connectivity index (χ1) is 12.0. The van der Waals surface area contributed by atoms with Crippen molar-refractivity contribution < 1.29 is 4.79 Å². The SMILES string of the molecule is CC(C)N(CCNC(=O)N[C@H]1CCN(Cc2ccccc2)C1)C(C)C. The van der Waals surface area contributed by atoms with Gasteiger partial charge in [0, 0.05) is 50.8 Å². The first kappa shape index (κ1) is 19.7. The average Bonchev–Trinajstić information content (AvgIpc) is 2.98. The van der Waals surface area contributed by atoms with Crippen LogP contribution in [0.2, 0.25) is 0 Å². The largest absolute Gasteiger partial charge is 0.337 e. The normalized spacial score (nSPS) is 18.3. The molecule has 2 N–H and O–H groups in total. The molecule has 1 aromatic carbocycles. The standard InChI is InChI=1S/C20H34N4O/c1-16(2)24(17(3)4)13-11-21-20(25)22-19-10-12-23(15-19)14-18-8-6-5-7-9-18/h5-9,16-17,19H,10-15H2,1-4H3,(H2,21,22,25)/t19-/m0/s1. The minimum atomic E-state index is -0.0426. The van der Waals surface area contributed by atoms with Gasteiger partial charge in [0.1, 0.15) is 0 Å². The van der Waals surface area contributed by atoms with Gasteiger partial charge in [0.25, 0.3) is 0 Å². The van der Waals surface area contributed by atoms with E-state index in [1.165, 1.54) is 5.56 Å². The first-order valence-electron chi connectivity index (χ1n) is 9.52. The van der Waals surface area contributed by atoms with E-state index >= 15 is 0 Å². The molecule has 0 saturated carbocycles. The van der Waals surface area contributed by atoms with Gasteiger partial charge >= 0.3 is 6.03 Å². The van der Waals surface area contributed by atoms with E-state index < -0.39 is 0 Å². The Bertz CT molecular complexity index is 510. The second kappa shape index (κ2) is 9.78. The Balaban J connectivity index is 1.66. The maximum Gasteiger partial charge on any atom is 0.315 e. The van der Waals surface area contributed by atoms with Crippen LogP contribution < -0.4 is 10.6 Å². The molecule has 1 aliphatic rings. The van der Waals surface area contributed by atoms with Gasteiger partial charge in [-0.15, -0.1) is 0 Å². The molecule has 5 nitrogen and oxygen atoms in total. The van der Waals surface area contributed by atoms with Gasteiger partial charge < -0.3 is 10.6 Å². The van der Waals surface area contributed by atoms with E-state index in [4.69, 9.17) is 0 Å². The van der Waals surface area contributed by atoms with Crippen LogP contribution in [0.1, 0.15) is 39.7 Å². The van der Waals surface area contributed by atoms with Crippen molar-refractivity contribution >= 4 is 6.03 Å². The lowest BCUT2D eigenvalue weighted by molar-refractivity contribution is 0.175. The van der Waals surface area contributed by atoms with Gasteiger partial charge in [0.15, 0.2) is 0 Å². The molecule has 0 bridgehead atoms. The van der Waals surface area contributed by atoms with E-state index in [-0.39, 0.29) is 12.1 Å². The van der Waals surface area contributed by atoms with E-state index in [0.717, 1.165) is 32.6 Å². The van der Waals surface area contributed by atoms with E-state index in [9.17, 15) is 4.79 Å². The van der Waals surface area contributed by atoms with Crippen LogP contribution in [0.5, 0.6) is 0 Å². The zero-order valence-electron chi connectivity index (χ0n) is 16.2. The van der Waals surface area contributed by atoms with Crippen molar-refractivity contribution in [3.05, 3.63) is 35.9 Å². The number of hydrogen-bond acceptors (Lipinski definition) is 3. The van der Waals surface area contributed by atoms with Crippen LogP contribution in [-0.4, -0.2) is 60.1 Å².